The Morgan fingerprint density at radius 3 is 2.92 bits per heavy atom. The lowest BCUT2D eigenvalue weighted by molar-refractivity contribution is -0.134. The van der Waals surface area contributed by atoms with Crippen molar-refractivity contribution in [3.05, 3.63) is 23.8 Å². The lowest BCUT2D eigenvalue weighted by Gasteiger charge is -2.33. The summed E-state index contributed by atoms with van der Waals surface area (Å²) in [6, 6.07) is 1.41. The van der Waals surface area contributed by atoms with E-state index < -0.39 is 6.43 Å². The molecule has 8 heteroatoms. The fourth-order valence-electron chi connectivity index (χ4n) is 3.54. The van der Waals surface area contributed by atoms with Crippen LogP contribution in [0.4, 0.5) is 8.78 Å². The molecule has 3 unspecified atom stereocenters. The summed E-state index contributed by atoms with van der Waals surface area (Å²) in [6.45, 7) is 3.37. The van der Waals surface area contributed by atoms with E-state index in [0.717, 1.165) is 30.3 Å². The molecule has 0 radical (unpaired) electrons. The normalized spacial score (nSPS) is 27.0. The Morgan fingerprint density at radius 2 is 2.21 bits per heavy atom. The van der Waals surface area contributed by atoms with Gasteiger partial charge in [-0.15, -0.1) is 0 Å². The smallest absolute Gasteiger partial charge is 0.280 e. The molecule has 24 heavy (non-hydrogen) atoms. The van der Waals surface area contributed by atoms with Gasteiger partial charge in [-0.05, 0) is 31.2 Å². The van der Waals surface area contributed by atoms with E-state index in [4.69, 9.17) is 0 Å². The van der Waals surface area contributed by atoms with Gasteiger partial charge in [0.05, 0.1) is 5.69 Å². The number of alkyl halides is 2. The zero-order valence-corrected chi connectivity index (χ0v) is 13.4. The minimum Gasteiger partial charge on any atom is -0.342 e. The Balaban J connectivity index is 1.60. The first-order valence-electron chi connectivity index (χ1n) is 8.32. The molecule has 2 fully saturated rings. The van der Waals surface area contributed by atoms with E-state index in [9.17, 15) is 13.6 Å². The largest absolute Gasteiger partial charge is 0.342 e. The van der Waals surface area contributed by atoms with Gasteiger partial charge in [-0.25, -0.2) is 13.8 Å². The topological polar surface area (TPSA) is 63.4 Å². The molecule has 6 nitrogen and oxygen atoms in total. The van der Waals surface area contributed by atoms with Crippen molar-refractivity contribution in [2.75, 3.05) is 13.1 Å². The minimum absolute atomic E-state index is 0.0315. The summed E-state index contributed by atoms with van der Waals surface area (Å²) in [5.41, 5.74) is 0.374. The summed E-state index contributed by atoms with van der Waals surface area (Å²) in [7, 11) is 0. The first-order valence-corrected chi connectivity index (χ1v) is 8.32. The van der Waals surface area contributed by atoms with Gasteiger partial charge in [0.1, 0.15) is 12.0 Å². The van der Waals surface area contributed by atoms with Gasteiger partial charge in [0, 0.05) is 24.9 Å². The minimum atomic E-state index is -2.65. The quantitative estimate of drug-likeness (QED) is 0.864. The van der Waals surface area contributed by atoms with Gasteiger partial charge < -0.3 is 4.90 Å². The Bertz CT molecular complexity index is 777. The summed E-state index contributed by atoms with van der Waals surface area (Å²) in [5, 5.41) is 3.81. The second-order valence-electron chi connectivity index (χ2n) is 6.82. The number of carbonyl (C=O) groups is 1. The highest BCUT2D eigenvalue weighted by molar-refractivity contribution is 5.81. The predicted octanol–water partition coefficient (Wildman–Crippen LogP) is 2.42. The van der Waals surface area contributed by atoms with Gasteiger partial charge in [-0.1, -0.05) is 6.92 Å². The maximum atomic E-state index is 13.3. The van der Waals surface area contributed by atoms with Crippen molar-refractivity contribution in [2.24, 2.45) is 11.8 Å². The Kier molecular flexibility index (Phi) is 3.69. The summed E-state index contributed by atoms with van der Waals surface area (Å²) < 4.78 is 27.7. The van der Waals surface area contributed by atoms with Gasteiger partial charge in [0.2, 0.25) is 5.91 Å². The molecule has 0 bridgehead atoms. The molecule has 2 aliphatic rings. The van der Waals surface area contributed by atoms with E-state index in [0.29, 0.717) is 18.2 Å². The van der Waals surface area contributed by atoms with Gasteiger partial charge >= 0.3 is 0 Å². The van der Waals surface area contributed by atoms with E-state index in [1.54, 1.807) is 0 Å². The number of nitrogens with zero attached hydrogens (tertiary/aromatic N) is 5. The van der Waals surface area contributed by atoms with E-state index in [-0.39, 0.29) is 29.2 Å². The first-order chi connectivity index (χ1) is 11.5. The molecule has 4 rings (SSSR count). The van der Waals surface area contributed by atoms with Crippen LogP contribution in [0.3, 0.4) is 0 Å². The van der Waals surface area contributed by atoms with Crippen molar-refractivity contribution in [3.8, 4) is 0 Å². The number of rotatable bonds is 3. The summed E-state index contributed by atoms with van der Waals surface area (Å²) in [5.74, 6) is 0.962. The summed E-state index contributed by atoms with van der Waals surface area (Å²) >= 11 is 0. The Hall–Kier alpha value is -2.12. The van der Waals surface area contributed by atoms with Crippen LogP contribution in [0.5, 0.6) is 0 Å². The number of piperidine rings is 1. The van der Waals surface area contributed by atoms with Gasteiger partial charge in [-0.2, -0.15) is 14.6 Å². The third kappa shape index (κ3) is 2.63. The van der Waals surface area contributed by atoms with Crippen LogP contribution in [0.2, 0.25) is 0 Å². The lowest BCUT2D eigenvalue weighted by atomic mass is 9.93. The zero-order chi connectivity index (χ0) is 16.8. The molecule has 1 saturated heterocycles. The van der Waals surface area contributed by atoms with Crippen molar-refractivity contribution >= 4 is 11.7 Å². The van der Waals surface area contributed by atoms with Crippen LogP contribution in [-0.4, -0.2) is 43.5 Å². The molecular weight excluding hydrogens is 316 g/mol. The third-order valence-corrected chi connectivity index (χ3v) is 5.10. The molecule has 128 valence electrons. The number of aromatic nitrogens is 4. The zero-order valence-electron chi connectivity index (χ0n) is 13.4. The predicted molar refractivity (Wildman–Crippen MR) is 81.6 cm³/mol. The Morgan fingerprint density at radius 1 is 1.42 bits per heavy atom. The molecule has 2 aromatic heterocycles. The van der Waals surface area contributed by atoms with Crippen LogP contribution in [0.15, 0.2) is 12.4 Å². The van der Waals surface area contributed by atoms with E-state index in [1.165, 1.54) is 12.4 Å². The number of fused-ring (bicyclic) bond motifs is 1. The van der Waals surface area contributed by atoms with Crippen molar-refractivity contribution in [3.63, 3.8) is 0 Å². The number of hydrogen-bond donors (Lipinski definition) is 0. The molecular formula is C16H19F2N5O. The number of amides is 1. The molecule has 0 aromatic carbocycles. The van der Waals surface area contributed by atoms with Gasteiger partial charge in [0.15, 0.2) is 0 Å². The number of halogens is 2. The monoisotopic (exact) mass is 335 g/mol. The summed E-state index contributed by atoms with van der Waals surface area (Å²) in [4.78, 5) is 22.7. The van der Waals surface area contributed by atoms with Gasteiger partial charge in [-0.3, -0.25) is 4.79 Å². The third-order valence-electron chi connectivity index (χ3n) is 5.10. The van der Waals surface area contributed by atoms with Crippen molar-refractivity contribution < 1.29 is 13.6 Å². The fraction of sp³-hybridized carbons (Fsp3) is 0.625. The van der Waals surface area contributed by atoms with Gasteiger partial charge in [0.25, 0.3) is 12.2 Å². The van der Waals surface area contributed by atoms with Crippen molar-refractivity contribution in [2.45, 2.75) is 38.5 Å². The SMILES string of the molecule is CC1CC1C(=O)N1CCCC(c2cc(C(F)F)n3ncnc3n2)C1. The van der Waals surface area contributed by atoms with Crippen molar-refractivity contribution in [1.82, 2.24) is 24.5 Å². The van der Waals surface area contributed by atoms with Crippen LogP contribution >= 0.6 is 0 Å². The van der Waals surface area contributed by atoms with Crippen LogP contribution in [-0.2, 0) is 4.79 Å². The summed E-state index contributed by atoms with van der Waals surface area (Å²) in [6.07, 6.45) is 1.23. The second-order valence-corrected chi connectivity index (χ2v) is 6.82. The standard InChI is InChI=1S/C16H19F2N5O/c1-9-5-11(9)15(24)22-4-2-3-10(7-22)12-6-13(14(17)18)23-16(21-12)19-8-20-23/h6,8-11,14H,2-5,7H2,1H3. The average Bonchev–Trinajstić information content (AvgIpc) is 3.12. The maximum Gasteiger partial charge on any atom is 0.280 e. The lowest BCUT2D eigenvalue weighted by Crippen LogP contribution is -2.40. The van der Waals surface area contributed by atoms with E-state index >= 15 is 0 Å². The Labute approximate surface area is 137 Å². The molecule has 1 aliphatic carbocycles. The molecule has 0 N–H and O–H groups in total. The molecule has 0 spiro atoms. The van der Waals surface area contributed by atoms with E-state index in [2.05, 4.69) is 22.0 Å². The second kappa shape index (κ2) is 5.75. The molecule has 1 aliphatic heterocycles. The number of hydrogen-bond acceptors (Lipinski definition) is 4. The number of likely N-dealkylation sites (tertiary alicyclic amines) is 1. The van der Waals surface area contributed by atoms with Crippen molar-refractivity contribution in [1.29, 1.82) is 0 Å². The highest BCUT2D eigenvalue weighted by Crippen LogP contribution is 2.40. The highest BCUT2D eigenvalue weighted by Gasteiger charge is 2.42. The molecule has 2 aromatic rings. The first kappa shape index (κ1) is 15.4. The molecule has 3 heterocycles. The van der Waals surface area contributed by atoms with Crippen LogP contribution in [0.1, 0.15) is 49.9 Å². The number of carbonyl (C=O) groups excluding carboxylic acids is 1. The van der Waals surface area contributed by atoms with Crippen LogP contribution < -0.4 is 0 Å². The van der Waals surface area contributed by atoms with E-state index in [1.807, 2.05) is 4.90 Å². The average molecular weight is 335 g/mol. The maximum absolute atomic E-state index is 13.3. The fourth-order valence-corrected chi connectivity index (χ4v) is 3.54. The van der Waals surface area contributed by atoms with Crippen LogP contribution in [0.25, 0.3) is 5.78 Å². The molecule has 3 atom stereocenters. The van der Waals surface area contributed by atoms with Crippen LogP contribution in [0, 0.1) is 11.8 Å². The molecule has 1 amide bonds. The molecule has 1 saturated carbocycles. The highest BCUT2D eigenvalue weighted by atomic mass is 19.3.